The van der Waals surface area contributed by atoms with Crippen molar-refractivity contribution in [1.82, 2.24) is 4.57 Å². The Bertz CT molecular complexity index is 381. The van der Waals surface area contributed by atoms with E-state index in [-0.39, 0.29) is 16.9 Å². The molecular formula is C10H13NO3. The van der Waals surface area contributed by atoms with Crippen LogP contribution in [0.25, 0.3) is 0 Å². The van der Waals surface area contributed by atoms with Gasteiger partial charge in [0, 0.05) is 19.9 Å². The number of methoxy groups -OCH3 is 1. The minimum absolute atomic E-state index is 0.207. The summed E-state index contributed by atoms with van der Waals surface area (Å²) in [5, 5.41) is 0. The second-order valence-corrected chi connectivity index (χ2v) is 2.97. The van der Waals surface area contributed by atoms with Gasteiger partial charge in [-0.15, -0.1) is 0 Å². The maximum absolute atomic E-state index is 11.6. The summed E-state index contributed by atoms with van der Waals surface area (Å²) in [7, 11) is 1.57. The Morgan fingerprint density at radius 1 is 1.57 bits per heavy atom. The number of ether oxygens (including phenoxy) is 1. The zero-order chi connectivity index (χ0) is 10.6. The molecule has 1 aromatic heterocycles. The molecule has 0 aromatic carbocycles. The van der Waals surface area contributed by atoms with Crippen LogP contribution in [0.1, 0.15) is 17.3 Å². The molecule has 0 amide bonds. The maximum Gasteiger partial charge on any atom is 0.261 e. The fourth-order valence-corrected chi connectivity index (χ4v) is 1.17. The summed E-state index contributed by atoms with van der Waals surface area (Å²) in [5.41, 5.74) is -0.0272. The summed E-state index contributed by atoms with van der Waals surface area (Å²) in [4.78, 5) is 22.7. The highest BCUT2D eigenvalue weighted by Crippen LogP contribution is 1.93. The third kappa shape index (κ3) is 2.29. The van der Waals surface area contributed by atoms with Gasteiger partial charge in [0.2, 0.25) is 0 Å². The van der Waals surface area contributed by atoms with Gasteiger partial charge in [-0.3, -0.25) is 9.59 Å². The van der Waals surface area contributed by atoms with Crippen molar-refractivity contribution in [2.45, 2.75) is 13.5 Å². The zero-order valence-electron chi connectivity index (χ0n) is 8.32. The molecule has 76 valence electrons. The molecule has 0 fully saturated rings. The summed E-state index contributed by atoms with van der Waals surface area (Å²) in [6.07, 6.45) is 1.65. The molecule has 0 aliphatic heterocycles. The van der Waals surface area contributed by atoms with Crippen LogP contribution in [0.4, 0.5) is 0 Å². The van der Waals surface area contributed by atoms with E-state index in [1.54, 1.807) is 19.4 Å². The molecule has 0 bridgehead atoms. The van der Waals surface area contributed by atoms with Crippen LogP contribution in [-0.2, 0) is 11.3 Å². The Morgan fingerprint density at radius 3 is 2.86 bits per heavy atom. The SMILES string of the molecule is COCCn1cccc(C(C)=O)c1=O. The molecule has 1 aromatic rings. The molecule has 4 heteroatoms. The molecule has 0 unspecified atom stereocenters. The minimum Gasteiger partial charge on any atom is -0.383 e. The van der Waals surface area contributed by atoms with Gasteiger partial charge in [0.05, 0.1) is 12.2 Å². The van der Waals surface area contributed by atoms with Crippen molar-refractivity contribution in [1.29, 1.82) is 0 Å². The Hall–Kier alpha value is -1.42. The van der Waals surface area contributed by atoms with Gasteiger partial charge in [-0.1, -0.05) is 0 Å². The lowest BCUT2D eigenvalue weighted by Gasteiger charge is -2.05. The van der Waals surface area contributed by atoms with Crippen molar-refractivity contribution in [2.75, 3.05) is 13.7 Å². The van der Waals surface area contributed by atoms with E-state index in [0.29, 0.717) is 13.2 Å². The van der Waals surface area contributed by atoms with Gasteiger partial charge in [-0.25, -0.2) is 0 Å². The standard InChI is InChI=1S/C10H13NO3/c1-8(12)9-4-3-5-11(10(9)13)6-7-14-2/h3-5H,6-7H2,1-2H3. The van der Waals surface area contributed by atoms with Crippen LogP contribution in [0.3, 0.4) is 0 Å². The van der Waals surface area contributed by atoms with Crippen molar-refractivity contribution in [3.63, 3.8) is 0 Å². The first-order valence-corrected chi connectivity index (χ1v) is 4.36. The molecule has 0 saturated carbocycles. The molecular weight excluding hydrogens is 182 g/mol. The molecule has 0 atom stereocenters. The van der Waals surface area contributed by atoms with E-state index in [2.05, 4.69) is 0 Å². The predicted octanol–water partition coefficient (Wildman–Crippen LogP) is 0.697. The topological polar surface area (TPSA) is 48.3 Å². The third-order valence-corrected chi connectivity index (χ3v) is 1.94. The monoisotopic (exact) mass is 195 g/mol. The van der Waals surface area contributed by atoms with Crippen LogP contribution in [0.2, 0.25) is 0 Å². The highest BCUT2D eigenvalue weighted by Gasteiger charge is 2.06. The predicted molar refractivity (Wildman–Crippen MR) is 52.6 cm³/mol. The summed E-state index contributed by atoms with van der Waals surface area (Å²) in [6.45, 7) is 2.31. The van der Waals surface area contributed by atoms with Crippen LogP contribution >= 0.6 is 0 Å². The summed E-state index contributed by atoms with van der Waals surface area (Å²) in [6, 6.07) is 3.22. The number of pyridine rings is 1. The van der Waals surface area contributed by atoms with E-state index in [1.165, 1.54) is 17.6 Å². The van der Waals surface area contributed by atoms with Crippen LogP contribution in [0.5, 0.6) is 0 Å². The van der Waals surface area contributed by atoms with Crippen LogP contribution in [-0.4, -0.2) is 24.1 Å². The van der Waals surface area contributed by atoms with Crippen molar-refractivity contribution >= 4 is 5.78 Å². The maximum atomic E-state index is 11.6. The van der Waals surface area contributed by atoms with E-state index in [0.717, 1.165) is 0 Å². The quantitative estimate of drug-likeness (QED) is 0.664. The molecule has 0 aliphatic carbocycles. The lowest BCUT2D eigenvalue weighted by atomic mass is 10.2. The lowest BCUT2D eigenvalue weighted by molar-refractivity contribution is 0.101. The van der Waals surface area contributed by atoms with Gasteiger partial charge >= 0.3 is 0 Å². The molecule has 0 N–H and O–H groups in total. The van der Waals surface area contributed by atoms with E-state index < -0.39 is 0 Å². The number of nitrogens with zero attached hydrogens (tertiary/aromatic N) is 1. The number of carbonyl (C=O) groups is 1. The molecule has 0 radical (unpaired) electrons. The number of Topliss-reactive ketones (excluding diaryl/α,β-unsaturated/α-hetero) is 1. The first-order valence-electron chi connectivity index (χ1n) is 4.36. The van der Waals surface area contributed by atoms with Crippen molar-refractivity contribution in [3.8, 4) is 0 Å². The molecule has 0 spiro atoms. The molecule has 4 nitrogen and oxygen atoms in total. The average Bonchev–Trinajstić information content (AvgIpc) is 2.16. The smallest absolute Gasteiger partial charge is 0.261 e. The molecule has 0 saturated heterocycles. The third-order valence-electron chi connectivity index (χ3n) is 1.94. The van der Waals surface area contributed by atoms with Gasteiger partial charge in [0.15, 0.2) is 5.78 Å². The Kier molecular flexibility index (Phi) is 3.59. The van der Waals surface area contributed by atoms with Gasteiger partial charge in [-0.2, -0.15) is 0 Å². The zero-order valence-corrected chi connectivity index (χ0v) is 8.32. The number of hydrogen-bond donors (Lipinski definition) is 0. The van der Waals surface area contributed by atoms with Crippen molar-refractivity contribution in [2.24, 2.45) is 0 Å². The second-order valence-electron chi connectivity index (χ2n) is 2.97. The Balaban J connectivity index is 3.02. The molecule has 1 rings (SSSR count). The molecule has 14 heavy (non-hydrogen) atoms. The highest BCUT2D eigenvalue weighted by atomic mass is 16.5. The fourth-order valence-electron chi connectivity index (χ4n) is 1.17. The average molecular weight is 195 g/mol. The van der Waals surface area contributed by atoms with Gasteiger partial charge in [0.1, 0.15) is 0 Å². The summed E-state index contributed by atoms with van der Waals surface area (Å²) < 4.78 is 6.33. The van der Waals surface area contributed by atoms with Gasteiger partial charge in [-0.05, 0) is 19.1 Å². The Morgan fingerprint density at radius 2 is 2.29 bits per heavy atom. The number of carbonyl (C=O) groups excluding carboxylic acids is 1. The fraction of sp³-hybridized carbons (Fsp3) is 0.400. The number of ketones is 1. The minimum atomic E-state index is -0.253. The number of aromatic nitrogens is 1. The lowest BCUT2D eigenvalue weighted by Crippen LogP contribution is -2.26. The van der Waals surface area contributed by atoms with Crippen LogP contribution < -0.4 is 5.56 Å². The van der Waals surface area contributed by atoms with Crippen molar-refractivity contribution in [3.05, 3.63) is 34.2 Å². The van der Waals surface area contributed by atoms with E-state index in [1.807, 2.05) is 0 Å². The van der Waals surface area contributed by atoms with E-state index in [4.69, 9.17) is 4.74 Å². The number of rotatable bonds is 4. The first kappa shape index (κ1) is 10.7. The molecule has 1 heterocycles. The van der Waals surface area contributed by atoms with Crippen LogP contribution in [0, 0.1) is 0 Å². The molecule has 0 aliphatic rings. The summed E-state index contributed by atoms with van der Waals surface area (Å²) in [5.74, 6) is -0.207. The van der Waals surface area contributed by atoms with Crippen LogP contribution in [0.15, 0.2) is 23.1 Å². The van der Waals surface area contributed by atoms with Gasteiger partial charge < -0.3 is 9.30 Å². The van der Waals surface area contributed by atoms with Crippen molar-refractivity contribution < 1.29 is 9.53 Å². The second kappa shape index (κ2) is 4.72. The van der Waals surface area contributed by atoms with E-state index in [9.17, 15) is 9.59 Å². The largest absolute Gasteiger partial charge is 0.383 e. The normalized spacial score (nSPS) is 10.1. The van der Waals surface area contributed by atoms with E-state index >= 15 is 0 Å². The van der Waals surface area contributed by atoms with Gasteiger partial charge in [0.25, 0.3) is 5.56 Å². The Labute approximate surface area is 82.1 Å². The number of hydrogen-bond acceptors (Lipinski definition) is 3. The summed E-state index contributed by atoms with van der Waals surface area (Å²) >= 11 is 0. The highest BCUT2D eigenvalue weighted by molar-refractivity contribution is 5.93. The first-order chi connectivity index (χ1) is 6.66.